The van der Waals surface area contributed by atoms with Crippen LogP contribution in [-0.2, 0) is 18.3 Å². The van der Waals surface area contributed by atoms with Crippen molar-refractivity contribution in [2.75, 3.05) is 39.7 Å². The van der Waals surface area contributed by atoms with Gasteiger partial charge < -0.3 is 18.9 Å². The van der Waals surface area contributed by atoms with E-state index < -0.39 is 7.60 Å². The van der Waals surface area contributed by atoms with E-state index in [1.807, 2.05) is 0 Å². The minimum Gasteiger partial charge on any atom is -0.394 e. The Morgan fingerprint density at radius 3 is 2.46 bits per heavy atom. The van der Waals surface area contributed by atoms with Crippen molar-refractivity contribution < 1.29 is 23.5 Å². The maximum atomic E-state index is 11.3. The smallest absolute Gasteiger partial charge is 0.327 e. The van der Waals surface area contributed by atoms with E-state index in [4.69, 9.17) is 18.9 Å². The van der Waals surface area contributed by atoms with Crippen LogP contribution in [0.1, 0.15) is 6.92 Å². The fourth-order valence-corrected chi connectivity index (χ4v) is 1.65. The molecule has 1 atom stereocenters. The van der Waals surface area contributed by atoms with E-state index in [9.17, 15) is 4.57 Å². The van der Waals surface area contributed by atoms with E-state index in [0.29, 0.717) is 13.2 Å². The van der Waals surface area contributed by atoms with Crippen LogP contribution in [-0.4, -0.2) is 44.8 Å². The van der Waals surface area contributed by atoms with Gasteiger partial charge in [0.2, 0.25) is 0 Å². The molecule has 1 unspecified atom stereocenters. The zero-order valence-electron chi connectivity index (χ0n) is 8.06. The Bertz CT molecular complexity index is 161. The highest BCUT2D eigenvalue weighted by atomic mass is 31.2. The molecule has 0 amide bonds. The summed E-state index contributed by atoms with van der Waals surface area (Å²) in [6, 6.07) is 0. The maximum Gasteiger partial charge on any atom is 0.327 e. The number of hydrogen-bond donors (Lipinski definition) is 1. The molecule has 0 bridgehead atoms. The van der Waals surface area contributed by atoms with Crippen LogP contribution in [0.4, 0.5) is 0 Å². The van der Waals surface area contributed by atoms with Gasteiger partial charge in [0.05, 0.1) is 33.0 Å². The average Bonchev–Trinajstić information content (AvgIpc) is 2.04. The van der Waals surface area contributed by atoms with Gasteiger partial charge in [-0.3, -0.25) is 4.57 Å². The number of hydrogen-bond acceptors (Lipinski definition) is 5. The summed E-state index contributed by atoms with van der Waals surface area (Å²) in [4.78, 5) is 0. The van der Waals surface area contributed by atoms with E-state index >= 15 is 0 Å². The average molecular weight is 212 g/mol. The van der Waals surface area contributed by atoms with Crippen molar-refractivity contribution in [2.24, 2.45) is 0 Å². The van der Waals surface area contributed by atoms with E-state index in [0.717, 1.165) is 0 Å². The molecule has 0 aliphatic rings. The fourth-order valence-electron chi connectivity index (χ4n) is 0.700. The maximum absolute atomic E-state index is 11.3. The zero-order chi connectivity index (χ0) is 10.2. The molecule has 0 saturated heterocycles. The van der Waals surface area contributed by atoms with Gasteiger partial charge in [-0.15, -0.1) is 0 Å². The predicted molar refractivity (Wildman–Crippen MR) is 49.0 cm³/mol. The molecule has 0 aliphatic carbocycles. The van der Waals surface area contributed by atoms with Crippen molar-refractivity contribution in [3.8, 4) is 0 Å². The lowest BCUT2D eigenvalue weighted by molar-refractivity contribution is 0.0660. The van der Waals surface area contributed by atoms with E-state index in [1.165, 1.54) is 6.66 Å². The van der Waals surface area contributed by atoms with Crippen molar-refractivity contribution in [3.05, 3.63) is 0 Å². The number of ether oxygens (including phenoxy) is 1. The monoisotopic (exact) mass is 212 g/mol. The first kappa shape index (κ1) is 13.1. The van der Waals surface area contributed by atoms with Gasteiger partial charge in [-0.1, -0.05) is 0 Å². The third kappa shape index (κ3) is 8.40. The minimum atomic E-state index is -2.88. The number of aliphatic hydroxyl groups is 1. The van der Waals surface area contributed by atoms with Gasteiger partial charge >= 0.3 is 7.60 Å². The lowest BCUT2D eigenvalue weighted by atomic mass is 10.7. The molecule has 0 rings (SSSR count). The van der Waals surface area contributed by atoms with Crippen molar-refractivity contribution >= 4 is 7.60 Å². The lowest BCUT2D eigenvalue weighted by Gasteiger charge is -2.12. The molecular weight excluding hydrogens is 195 g/mol. The van der Waals surface area contributed by atoms with Gasteiger partial charge in [0.1, 0.15) is 0 Å². The summed E-state index contributed by atoms with van der Waals surface area (Å²) in [6.45, 7) is 4.32. The fraction of sp³-hybridized carbons (Fsp3) is 1.00. The molecule has 0 aromatic heterocycles. The first-order valence-corrected chi connectivity index (χ1v) is 6.16. The molecule has 1 N–H and O–H groups in total. The molecule has 5 nitrogen and oxygen atoms in total. The van der Waals surface area contributed by atoms with Crippen molar-refractivity contribution in [3.63, 3.8) is 0 Å². The topological polar surface area (TPSA) is 65.0 Å². The molecule has 0 radical (unpaired) electrons. The van der Waals surface area contributed by atoms with Gasteiger partial charge in [0.25, 0.3) is 0 Å². The lowest BCUT2D eigenvalue weighted by Crippen LogP contribution is -2.06. The normalized spacial score (nSPS) is 15.6. The quantitative estimate of drug-likeness (QED) is 0.477. The molecule has 0 heterocycles. The highest BCUT2D eigenvalue weighted by molar-refractivity contribution is 7.52. The Balaban J connectivity index is 3.35. The molecule has 0 spiro atoms. The van der Waals surface area contributed by atoms with Crippen molar-refractivity contribution in [1.82, 2.24) is 0 Å². The summed E-state index contributed by atoms with van der Waals surface area (Å²) >= 11 is 0. The van der Waals surface area contributed by atoms with Gasteiger partial charge in [-0.2, -0.15) is 0 Å². The van der Waals surface area contributed by atoms with Crippen LogP contribution in [0.5, 0.6) is 0 Å². The third-order valence-corrected chi connectivity index (χ3v) is 2.53. The van der Waals surface area contributed by atoms with Crippen LogP contribution in [0.25, 0.3) is 0 Å². The molecule has 0 fully saturated rings. The standard InChI is InChI=1S/C7H17O5P/c1-3-11-13(2,9)12-7-6-10-5-4-8/h8H,3-7H2,1-2H3. The van der Waals surface area contributed by atoms with Gasteiger partial charge in [0, 0.05) is 6.66 Å². The molecule has 80 valence electrons. The molecule has 0 saturated carbocycles. The molecule has 0 aliphatic heterocycles. The molecule has 13 heavy (non-hydrogen) atoms. The number of rotatable bonds is 8. The Labute approximate surface area is 78.5 Å². The predicted octanol–water partition coefficient (Wildman–Crippen LogP) is 0.871. The Morgan fingerprint density at radius 2 is 1.92 bits per heavy atom. The van der Waals surface area contributed by atoms with Gasteiger partial charge in [0.15, 0.2) is 0 Å². The van der Waals surface area contributed by atoms with Crippen LogP contribution in [0, 0.1) is 0 Å². The van der Waals surface area contributed by atoms with Crippen LogP contribution in [0.15, 0.2) is 0 Å². The van der Waals surface area contributed by atoms with Crippen molar-refractivity contribution in [1.29, 1.82) is 0 Å². The van der Waals surface area contributed by atoms with E-state index in [1.54, 1.807) is 6.92 Å². The zero-order valence-corrected chi connectivity index (χ0v) is 8.96. The summed E-state index contributed by atoms with van der Waals surface area (Å²) in [5.74, 6) is 0. The van der Waals surface area contributed by atoms with Crippen LogP contribution in [0.3, 0.4) is 0 Å². The summed E-state index contributed by atoms with van der Waals surface area (Å²) in [5.41, 5.74) is 0. The minimum absolute atomic E-state index is 0.0186. The van der Waals surface area contributed by atoms with Gasteiger partial charge in [-0.25, -0.2) is 0 Å². The first-order valence-electron chi connectivity index (χ1n) is 4.17. The molecule has 0 aromatic carbocycles. The molecular formula is C7H17O5P. The Morgan fingerprint density at radius 1 is 1.23 bits per heavy atom. The molecule has 6 heteroatoms. The van der Waals surface area contributed by atoms with E-state index in [-0.39, 0.29) is 19.8 Å². The highest BCUT2D eigenvalue weighted by Gasteiger charge is 2.14. The number of aliphatic hydroxyl groups excluding tert-OH is 1. The molecule has 0 aromatic rings. The highest BCUT2D eigenvalue weighted by Crippen LogP contribution is 2.43. The van der Waals surface area contributed by atoms with Crippen LogP contribution >= 0.6 is 7.60 Å². The first-order chi connectivity index (χ1) is 6.12. The van der Waals surface area contributed by atoms with Gasteiger partial charge in [-0.05, 0) is 6.92 Å². The second-order valence-electron chi connectivity index (χ2n) is 2.36. The summed E-state index contributed by atoms with van der Waals surface area (Å²) in [6.07, 6.45) is 0. The second kappa shape index (κ2) is 7.47. The SMILES string of the molecule is CCOP(C)(=O)OCCOCCO. The van der Waals surface area contributed by atoms with Crippen LogP contribution in [0.2, 0.25) is 0 Å². The Hall–Kier alpha value is 0.0700. The van der Waals surface area contributed by atoms with E-state index in [2.05, 4.69) is 0 Å². The summed E-state index contributed by atoms with van der Waals surface area (Å²) in [7, 11) is -2.88. The third-order valence-electron chi connectivity index (χ3n) is 1.15. The van der Waals surface area contributed by atoms with Crippen LogP contribution < -0.4 is 0 Å². The summed E-state index contributed by atoms with van der Waals surface area (Å²) < 4.78 is 26.0. The summed E-state index contributed by atoms with van der Waals surface area (Å²) in [5, 5.41) is 8.36. The largest absolute Gasteiger partial charge is 0.394 e. The second-order valence-corrected chi connectivity index (χ2v) is 4.42. The Kier molecular flexibility index (Phi) is 7.51. The van der Waals surface area contributed by atoms with Crippen molar-refractivity contribution in [2.45, 2.75) is 6.92 Å².